The van der Waals surface area contributed by atoms with Crippen molar-refractivity contribution in [1.82, 2.24) is 4.57 Å². The number of carbonyl (C=O) groups excluding carboxylic acids is 1. The fourth-order valence-electron chi connectivity index (χ4n) is 1.95. The van der Waals surface area contributed by atoms with E-state index in [9.17, 15) is 9.90 Å². The Morgan fingerprint density at radius 1 is 1.38 bits per heavy atom. The average Bonchev–Trinajstić information content (AvgIpc) is 2.56. The van der Waals surface area contributed by atoms with Crippen LogP contribution < -0.4 is 0 Å². The van der Waals surface area contributed by atoms with Gasteiger partial charge in [-0.2, -0.15) is 0 Å². The third kappa shape index (κ3) is 1.58. The third-order valence-corrected chi connectivity index (χ3v) is 2.75. The lowest BCUT2D eigenvalue weighted by Crippen LogP contribution is -1.98. The van der Waals surface area contributed by atoms with Crippen LogP contribution in [0.1, 0.15) is 37.2 Å². The van der Waals surface area contributed by atoms with E-state index in [0.29, 0.717) is 11.6 Å². The Morgan fingerprint density at radius 3 is 2.62 bits per heavy atom. The first-order valence-electron chi connectivity index (χ1n) is 5.35. The van der Waals surface area contributed by atoms with Crippen LogP contribution in [0.4, 0.5) is 0 Å². The van der Waals surface area contributed by atoms with Crippen molar-refractivity contribution in [1.29, 1.82) is 0 Å². The summed E-state index contributed by atoms with van der Waals surface area (Å²) >= 11 is 0. The van der Waals surface area contributed by atoms with Gasteiger partial charge in [0.15, 0.2) is 5.78 Å². The Balaban J connectivity index is 2.81. The third-order valence-electron chi connectivity index (χ3n) is 2.75. The van der Waals surface area contributed by atoms with Gasteiger partial charge in [0.2, 0.25) is 0 Å². The van der Waals surface area contributed by atoms with Crippen molar-refractivity contribution in [3.63, 3.8) is 0 Å². The van der Waals surface area contributed by atoms with Gasteiger partial charge in [-0.1, -0.05) is 0 Å². The maximum Gasteiger partial charge on any atom is 0.161 e. The molecule has 0 atom stereocenters. The summed E-state index contributed by atoms with van der Waals surface area (Å²) in [6.45, 7) is 5.68. The number of ketones is 1. The molecule has 0 aliphatic heterocycles. The number of benzene rings is 1. The lowest BCUT2D eigenvalue weighted by atomic mass is 10.1. The highest BCUT2D eigenvalue weighted by Gasteiger charge is 2.13. The van der Waals surface area contributed by atoms with Gasteiger partial charge in [-0.05, 0) is 39.0 Å². The second kappa shape index (κ2) is 3.67. The first kappa shape index (κ1) is 10.7. The molecular weight excluding hydrogens is 202 g/mol. The van der Waals surface area contributed by atoms with E-state index in [4.69, 9.17) is 0 Å². The number of aromatic nitrogens is 1. The van der Waals surface area contributed by atoms with Gasteiger partial charge in [0, 0.05) is 28.7 Å². The van der Waals surface area contributed by atoms with E-state index in [1.165, 1.54) is 0 Å². The molecule has 0 saturated heterocycles. The zero-order chi connectivity index (χ0) is 11.9. The van der Waals surface area contributed by atoms with E-state index in [0.717, 1.165) is 10.9 Å². The summed E-state index contributed by atoms with van der Waals surface area (Å²) in [5.41, 5.74) is 1.65. The smallest absolute Gasteiger partial charge is 0.161 e. The minimum Gasteiger partial charge on any atom is -0.508 e. The maximum atomic E-state index is 11.5. The minimum atomic E-state index is 0.0231. The average molecular weight is 217 g/mol. The Hall–Kier alpha value is -1.77. The normalized spacial score (nSPS) is 11.2. The summed E-state index contributed by atoms with van der Waals surface area (Å²) in [5, 5.41) is 10.3. The molecule has 0 bridgehead atoms. The lowest BCUT2D eigenvalue weighted by Gasteiger charge is -2.08. The number of rotatable bonds is 2. The zero-order valence-corrected chi connectivity index (χ0v) is 9.69. The number of aromatic hydroxyl groups is 1. The molecule has 0 unspecified atom stereocenters. The van der Waals surface area contributed by atoms with Crippen molar-refractivity contribution in [3.05, 3.63) is 30.0 Å². The molecule has 84 valence electrons. The molecule has 0 spiro atoms. The predicted molar refractivity (Wildman–Crippen MR) is 64.0 cm³/mol. The minimum absolute atomic E-state index is 0.0231. The molecule has 0 aliphatic rings. The summed E-state index contributed by atoms with van der Waals surface area (Å²) in [6.07, 6.45) is 1.86. The zero-order valence-electron chi connectivity index (χ0n) is 9.69. The number of carbonyl (C=O) groups is 1. The molecule has 0 aliphatic carbocycles. The number of phenols is 1. The molecular formula is C13H15NO2. The predicted octanol–water partition coefficient (Wildman–Crippen LogP) is 3.13. The second-order valence-electron chi connectivity index (χ2n) is 4.30. The molecule has 3 nitrogen and oxygen atoms in total. The van der Waals surface area contributed by atoms with Gasteiger partial charge in [0.25, 0.3) is 0 Å². The van der Waals surface area contributed by atoms with Crippen LogP contribution >= 0.6 is 0 Å². The largest absolute Gasteiger partial charge is 0.508 e. The monoisotopic (exact) mass is 217 g/mol. The fraction of sp³-hybridized carbons (Fsp3) is 0.308. The standard InChI is InChI=1S/C13H15NO2/c1-8(2)14-7-12(9(3)15)11-6-10(16)4-5-13(11)14/h4-8,16H,1-3H3. The van der Waals surface area contributed by atoms with E-state index in [2.05, 4.69) is 13.8 Å². The maximum absolute atomic E-state index is 11.5. The van der Waals surface area contributed by atoms with E-state index in [-0.39, 0.29) is 11.5 Å². The molecule has 0 fully saturated rings. The van der Waals surface area contributed by atoms with E-state index < -0.39 is 0 Å². The van der Waals surface area contributed by atoms with Gasteiger partial charge < -0.3 is 9.67 Å². The Morgan fingerprint density at radius 2 is 2.06 bits per heavy atom. The topological polar surface area (TPSA) is 42.2 Å². The molecule has 0 saturated carbocycles. The Kier molecular flexibility index (Phi) is 2.46. The number of Topliss-reactive ketones (excluding diaryl/α,β-unsaturated/α-hetero) is 1. The van der Waals surface area contributed by atoms with Gasteiger partial charge in [-0.3, -0.25) is 4.79 Å². The van der Waals surface area contributed by atoms with Crippen LogP contribution in [0.2, 0.25) is 0 Å². The van der Waals surface area contributed by atoms with E-state index in [1.807, 2.05) is 16.8 Å². The Bertz CT molecular complexity index is 552. The van der Waals surface area contributed by atoms with Crippen molar-refractivity contribution < 1.29 is 9.90 Å². The number of phenolic OH excluding ortho intramolecular Hbond substituents is 1. The van der Waals surface area contributed by atoms with E-state index >= 15 is 0 Å². The molecule has 1 heterocycles. The highest BCUT2D eigenvalue weighted by molar-refractivity contribution is 6.07. The van der Waals surface area contributed by atoms with Gasteiger partial charge in [0.1, 0.15) is 5.75 Å². The first-order chi connectivity index (χ1) is 7.50. The van der Waals surface area contributed by atoms with Gasteiger partial charge in [-0.15, -0.1) is 0 Å². The quantitative estimate of drug-likeness (QED) is 0.785. The second-order valence-corrected chi connectivity index (χ2v) is 4.30. The highest BCUT2D eigenvalue weighted by Crippen LogP contribution is 2.28. The number of hydrogen-bond acceptors (Lipinski definition) is 2. The summed E-state index contributed by atoms with van der Waals surface area (Å²) in [7, 11) is 0. The molecule has 1 aromatic heterocycles. The lowest BCUT2D eigenvalue weighted by molar-refractivity contribution is 0.101. The summed E-state index contributed by atoms with van der Waals surface area (Å²) in [6, 6.07) is 5.42. The van der Waals surface area contributed by atoms with Crippen molar-refractivity contribution >= 4 is 16.7 Å². The van der Waals surface area contributed by atoms with Crippen LogP contribution in [0, 0.1) is 0 Å². The van der Waals surface area contributed by atoms with Crippen molar-refractivity contribution in [2.45, 2.75) is 26.8 Å². The van der Waals surface area contributed by atoms with Crippen molar-refractivity contribution in [2.24, 2.45) is 0 Å². The molecule has 16 heavy (non-hydrogen) atoms. The molecule has 2 aromatic rings. The van der Waals surface area contributed by atoms with Crippen LogP contribution in [0.3, 0.4) is 0 Å². The summed E-state index contributed by atoms with van der Waals surface area (Å²) < 4.78 is 2.05. The van der Waals surface area contributed by atoms with Crippen LogP contribution in [0.25, 0.3) is 10.9 Å². The van der Waals surface area contributed by atoms with Gasteiger partial charge >= 0.3 is 0 Å². The molecule has 1 aromatic carbocycles. The van der Waals surface area contributed by atoms with Crippen LogP contribution in [-0.2, 0) is 0 Å². The highest BCUT2D eigenvalue weighted by atomic mass is 16.3. The van der Waals surface area contributed by atoms with Crippen molar-refractivity contribution in [3.8, 4) is 5.75 Å². The molecule has 3 heteroatoms. The summed E-state index contributed by atoms with van der Waals surface area (Å²) in [5.74, 6) is 0.214. The first-order valence-corrected chi connectivity index (χ1v) is 5.35. The van der Waals surface area contributed by atoms with E-state index in [1.54, 1.807) is 19.1 Å². The SMILES string of the molecule is CC(=O)c1cn(C(C)C)c2ccc(O)cc12. The fourth-order valence-corrected chi connectivity index (χ4v) is 1.95. The molecule has 0 radical (unpaired) electrons. The van der Waals surface area contributed by atoms with Crippen LogP contribution in [0.15, 0.2) is 24.4 Å². The van der Waals surface area contributed by atoms with Crippen molar-refractivity contribution in [2.75, 3.05) is 0 Å². The number of hydrogen-bond donors (Lipinski definition) is 1. The summed E-state index contributed by atoms with van der Waals surface area (Å²) in [4.78, 5) is 11.5. The number of nitrogens with zero attached hydrogens (tertiary/aromatic N) is 1. The van der Waals surface area contributed by atoms with Gasteiger partial charge in [-0.25, -0.2) is 0 Å². The molecule has 2 rings (SSSR count). The Labute approximate surface area is 94.3 Å². The molecule has 0 amide bonds. The van der Waals surface area contributed by atoms with Crippen LogP contribution in [0.5, 0.6) is 5.75 Å². The number of fused-ring (bicyclic) bond motifs is 1. The van der Waals surface area contributed by atoms with Crippen LogP contribution in [-0.4, -0.2) is 15.5 Å². The molecule has 1 N–H and O–H groups in total. The van der Waals surface area contributed by atoms with Gasteiger partial charge in [0.05, 0.1) is 0 Å².